The van der Waals surface area contributed by atoms with E-state index in [2.05, 4.69) is 4.98 Å². The molecule has 4 heteroatoms. The zero-order valence-corrected chi connectivity index (χ0v) is 9.90. The van der Waals surface area contributed by atoms with E-state index in [0.29, 0.717) is 6.01 Å². The molecule has 4 nitrogen and oxygen atoms in total. The number of aryl methyl sites for hydroxylation is 1. The van der Waals surface area contributed by atoms with Crippen molar-refractivity contribution in [3.8, 4) is 0 Å². The summed E-state index contributed by atoms with van der Waals surface area (Å²) in [6, 6.07) is 6.71. The summed E-state index contributed by atoms with van der Waals surface area (Å²) in [7, 11) is 1.93. The van der Waals surface area contributed by atoms with E-state index in [1.54, 1.807) is 0 Å². The summed E-state index contributed by atoms with van der Waals surface area (Å²) in [5.74, 6) is 0. The van der Waals surface area contributed by atoms with Gasteiger partial charge < -0.3 is 15.1 Å². The highest BCUT2D eigenvalue weighted by Gasteiger charge is 2.11. The SMILES string of the molecule is Cc1ccc2nc(N(C)CC(C)N)oc2c1. The lowest BCUT2D eigenvalue weighted by Crippen LogP contribution is -2.32. The van der Waals surface area contributed by atoms with Gasteiger partial charge >= 0.3 is 0 Å². The second-order valence-electron chi connectivity index (χ2n) is 4.33. The van der Waals surface area contributed by atoms with Crippen LogP contribution in [0.15, 0.2) is 22.6 Å². The summed E-state index contributed by atoms with van der Waals surface area (Å²) in [6.45, 7) is 4.72. The lowest BCUT2D eigenvalue weighted by Gasteiger charge is -2.16. The van der Waals surface area contributed by atoms with Crippen molar-refractivity contribution >= 4 is 17.1 Å². The molecule has 0 saturated heterocycles. The second-order valence-corrected chi connectivity index (χ2v) is 4.33. The van der Waals surface area contributed by atoms with Crippen molar-refractivity contribution in [3.63, 3.8) is 0 Å². The first kappa shape index (κ1) is 11.0. The molecule has 86 valence electrons. The van der Waals surface area contributed by atoms with Gasteiger partial charge in [0.2, 0.25) is 0 Å². The fourth-order valence-electron chi connectivity index (χ4n) is 1.69. The van der Waals surface area contributed by atoms with Gasteiger partial charge in [0.15, 0.2) is 5.58 Å². The Bertz CT molecular complexity index is 490. The molecule has 2 rings (SSSR count). The van der Waals surface area contributed by atoms with Gasteiger partial charge in [-0.1, -0.05) is 6.07 Å². The van der Waals surface area contributed by atoms with Crippen LogP contribution in [0.2, 0.25) is 0 Å². The molecule has 1 aromatic heterocycles. The van der Waals surface area contributed by atoms with Crippen LogP contribution in [0.25, 0.3) is 11.1 Å². The largest absolute Gasteiger partial charge is 0.423 e. The van der Waals surface area contributed by atoms with E-state index in [4.69, 9.17) is 10.2 Å². The van der Waals surface area contributed by atoms with E-state index in [1.807, 2.05) is 44.0 Å². The molecule has 16 heavy (non-hydrogen) atoms. The molecule has 1 heterocycles. The number of fused-ring (bicyclic) bond motifs is 1. The molecule has 0 spiro atoms. The van der Waals surface area contributed by atoms with Crippen molar-refractivity contribution in [3.05, 3.63) is 23.8 Å². The summed E-state index contributed by atoms with van der Waals surface area (Å²) < 4.78 is 5.67. The number of rotatable bonds is 3. The standard InChI is InChI=1S/C12H17N3O/c1-8-4-5-10-11(6-8)16-12(14-10)15(3)7-9(2)13/h4-6,9H,7,13H2,1-3H3. The molecule has 0 aliphatic rings. The molecule has 2 aromatic rings. The minimum atomic E-state index is 0.0988. The highest BCUT2D eigenvalue weighted by atomic mass is 16.4. The Labute approximate surface area is 95.1 Å². The highest BCUT2D eigenvalue weighted by molar-refractivity contribution is 5.75. The molecular formula is C12H17N3O. The Morgan fingerprint density at radius 3 is 2.94 bits per heavy atom. The van der Waals surface area contributed by atoms with E-state index in [1.165, 1.54) is 5.56 Å². The number of hydrogen-bond donors (Lipinski definition) is 1. The summed E-state index contributed by atoms with van der Waals surface area (Å²) >= 11 is 0. The van der Waals surface area contributed by atoms with E-state index in [0.717, 1.165) is 17.6 Å². The molecule has 0 saturated carbocycles. The van der Waals surface area contributed by atoms with Crippen molar-refractivity contribution in [2.24, 2.45) is 5.73 Å². The molecule has 1 unspecified atom stereocenters. The third-order valence-corrected chi connectivity index (χ3v) is 2.42. The quantitative estimate of drug-likeness (QED) is 0.856. The van der Waals surface area contributed by atoms with Crippen LogP contribution < -0.4 is 10.6 Å². The zero-order valence-electron chi connectivity index (χ0n) is 9.90. The van der Waals surface area contributed by atoms with Crippen LogP contribution in [0.3, 0.4) is 0 Å². The van der Waals surface area contributed by atoms with Crippen LogP contribution in [0.5, 0.6) is 0 Å². The van der Waals surface area contributed by atoms with Gasteiger partial charge in [-0.05, 0) is 31.5 Å². The molecule has 1 atom stereocenters. The maximum atomic E-state index is 5.74. The fraction of sp³-hybridized carbons (Fsp3) is 0.417. The lowest BCUT2D eigenvalue weighted by atomic mass is 10.2. The number of oxazole rings is 1. The van der Waals surface area contributed by atoms with Gasteiger partial charge in [0, 0.05) is 19.6 Å². The number of benzene rings is 1. The van der Waals surface area contributed by atoms with E-state index < -0.39 is 0 Å². The maximum absolute atomic E-state index is 5.74. The Hall–Kier alpha value is -1.55. The van der Waals surface area contributed by atoms with Crippen molar-refractivity contribution in [1.29, 1.82) is 0 Å². The number of nitrogens with two attached hydrogens (primary N) is 1. The van der Waals surface area contributed by atoms with Crippen molar-refractivity contribution in [1.82, 2.24) is 4.98 Å². The van der Waals surface area contributed by atoms with Crippen molar-refractivity contribution in [2.45, 2.75) is 19.9 Å². The third-order valence-electron chi connectivity index (χ3n) is 2.42. The number of aromatic nitrogens is 1. The van der Waals surface area contributed by atoms with Crippen molar-refractivity contribution in [2.75, 3.05) is 18.5 Å². The van der Waals surface area contributed by atoms with Gasteiger partial charge in [-0.15, -0.1) is 0 Å². The van der Waals surface area contributed by atoms with E-state index in [-0.39, 0.29) is 6.04 Å². The number of hydrogen-bond acceptors (Lipinski definition) is 4. The monoisotopic (exact) mass is 219 g/mol. The highest BCUT2D eigenvalue weighted by Crippen LogP contribution is 2.21. The predicted octanol–water partition coefficient (Wildman–Crippen LogP) is 1.92. The zero-order chi connectivity index (χ0) is 11.7. The minimum absolute atomic E-state index is 0.0988. The summed E-state index contributed by atoms with van der Waals surface area (Å²) in [5.41, 5.74) is 8.62. The van der Waals surface area contributed by atoms with Gasteiger partial charge in [-0.2, -0.15) is 4.98 Å². The second kappa shape index (κ2) is 4.14. The summed E-state index contributed by atoms with van der Waals surface area (Å²) in [4.78, 5) is 6.34. The Morgan fingerprint density at radius 1 is 1.50 bits per heavy atom. The number of anilines is 1. The van der Waals surface area contributed by atoms with Crippen molar-refractivity contribution < 1.29 is 4.42 Å². The van der Waals surface area contributed by atoms with Crippen LogP contribution in [0.1, 0.15) is 12.5 Å². The van der Waals surface area contributed by atoms with Crippen LogP contribution in [0, 0.1) is 6.92 Å². The third kappa shape index (κ3) is 2.17. The average Bonchev–Trinajstić information content (AvgIpc) is 2.59. The molecule has 1 aromatic carbocycles. The lowest BCUT2D eigenvalue weighted by molar-refractivity contribution is 0.569. The van der Waals surface area contributed by atoms with Gasteiger partial charge in [-0.3, -0.25) is 0 Å². The smallest absolute Gasteiger partial charge is 0.298 e. The molecule has 0 amide bonds. The van der Waals surface area contributed by atoms with Gasteiger partial charge in [0.05, 0.1) is 0 Å². The molecule has 0 bridgehead atoms. The van der Waals surface area contributed by atoms with Crippen LogP contribution in [0.4, 0.5) is 6.01 Å². The topological polar surface area (TPSA) is 55.3 Å². The van der Waals surface area contributed by atoms with Crippen LogP contribution in [-0.4, -0.2) is 24.6 Å². The molecule has 0 aliphatic heterocycles. The fourth-order valence-corrected chi connectivity index (χ4v) is 1.69. The Kier molecular flexibility index (Phi) is 2.83. The first-order valence-corrected chi connectivity index (χ1v) is 5.40. The first-order valence-electron chi connectivity index (χ1n) is 5.40. The summed E-state index contributed by atoms with van der Waals surface area (Å²) in [6.07, 6.45) is 0. The Balaban J connectivity index is 2.32. The normalized spacial score (nSPS) is 13.0. The van der Waals surface area contributed by atoms with Crippen LogP contribution >= 0.6 is 0 Å². The van der Waals surface area contributed by atoms with E-state index >= 15 is 0 Å². The average molecular weight is 219 g/mol. The molecule has 0 fully saturated rings. The maximum Gasteiger partial charge on any atom is 0.298 e. The molecular weight excluding hydrogens is 202 g/mol. The van der Waals surface area contributed by atoms with E-state index in [9.17, 15) is 0 Å². The van der Waals surface area contributed by atoms with Gasteiger partial charge in [0.1, 0.15) is 5.52 Å². The number of likely N-dealkylation sites (N-methyl/N-ethyl adjacent to an activating group) is 1. The van der Waals surface area contributed by atoms with Crippen LogP contribution in [-0.2, 0) is 0 Å². The molecule has 0 radical (unpaired) electrons. The molecule has 2 N–H and O–H groups in total. The molecule has 0 aliphatic carbocycles. The van der Waals surface area contributed by atoms with Gasteiger partial charge in [0.25, 0.3) is 6.01 Å². The summed E-state index contributed by atoms with van der Waals surface area (Å²) in [5, 5.41) is 0. The first-order chi connectivity index (χ1) is 7.56. The minimum Gasteiger partial charge on any atom is -0.423 e. The number of nitrogens with zero attached hydrogens (tertiary/aromatic N) is 2. The Morgan fingerprint density at radius 2 is 2.25 bits per heavy atom. The predicted molar refractivity (Wildman–Crippen MR) is 65.7 cm³/mol. The van der Waals surface area contributed by atoms with Gasteiger partial charge in [-0.25, -0.2) is 0 Å².